The number of nitrogens with one attached hydrogen (secondary N) is 2. The molecular weight excluding hydrogens is 316 g/mol. The van der Waals surface area contributed by atoms with E-state index in [4.69, 9.17) is 4.74 Å². The van der Waals surface area contributed by atoms with Crippen LogP contribution in [-0.4, -0.2) is 34.5 Å². The van der Waals surface area contributed by atoms with Gasteiger partial charge in [-0.05, 0) is 30.2 Å². The van der Waals surface area contributed by atoms with E-state index < -0.39 is 0 Å². The van der Waals surface area contributed by atoms with Crippen molar-refractivity contribution in [2.24, 2.45) is 0 Å². The summed E-state index contributed by atoms with van der Waals surface area (Å²) in [6, 6.07) is 13.5. The number of benzene rings is 1. The van der Waals surface area contributed by atoms with E-state index in [1.165, 1.54) is 0 Å². The molecule has 1 atom stereocenters. The predicted molar refractivity (Wildman–Crippen MR) is 93.6 cm³/mol. The van der Waals surface area contributed by atoms with Crippen molar-refractivity contribution in [2.75, 3.05) is 13.7 Å². The van der Waals surface area contributed by atoms with E-state index in [9.17, 15) is 4.79 Å². The lowest BCUT2D eigenvalue weighted by molar-refractivity contribution is 0.0950. The molecule has 25 heavy (non-hydrogen) atoms. The number of hydrogen-bond donors (Lipinski definition) is 2. The van der Waals surface area contributed by atoms with Gasteiger partial charge in [0.15, 0.2) is 5.82 Å². The van der Waals surface area contributed by atoms with Gasteiger partial charge >= 0.3 is 0 Å². The highest BCUT2D eigenvalue weighted by molar-refractivity contribution is 5.94. The summed E-state index contributed by atoms with van der Waals surface area (Å²) in [6.45, 7) is 0.544. The van der Waals surface area contributed by atoms with Gasteiger partial charge in [-0.1, -0.05) is 24.3 Å². The minimum atomic E-state index is -0.161. The molecule has 1 aliphatic heterocycles. The number of amides is 1. The van der Waals surface area contributed by atoms with Gasteiger partial charge in [-0.2, -0.15) is 0 Å². The van der Waals surface area contributed by atoms with E-state index in [0.717, 1.165) is 22.7 Å². The molecule has 3 aromatic rings. The number of carbonyl (C=O) groups is 1. The van der Waals surface area contributed by atoms with E-state index in [1.54, 1.807) is 13.3 Å². The molecule has 0 bridgehead atoms. The van der Waals surface area contributed by atoms with Gasteiger partial charge < -0.3 is 15.0 Å². The highest BCUT2D eigenvalue weighted by Crippen LogP contribution is 2.31. The molecule has 2 N–H and O–H groups in total. The molecule has 0 saturated heterocycles. The molecule has 1 amide bonds. The van der Waals surface area contributed by atoms with E-state index in [1.807, 2.05) is 42.5 Å². The summed E-state index contributed by atoms with van der Waals surface area (Å²) in [5.74, 6) is 1.39. The quantitative estimate of drug-likeness (QED) is 0.771. The number of nitrogens with zero attached hydrogens (tertiary/aromatic N) is 2. The Balaban J connectivity index is 1.72. The summed E-state index contributed by atoms with van der Waals surface area (Å²) in [5.41, 5.74) is 3.06. The Morgan fingerprint density at radius 2 is 2.00 bits per heavy atom. The Morgan fingerprint density at radius 1 is 1.16 bits per heavy atom. The van der Waals surface area contributed by atoms with Crippen molar-refractivity contribution in [3.63, 3.8) is 0 Å². The highest BCUT2D eigenvalue weighted by atomic mass is 16.5. The van der Waals surface area contributed by atoms with Crippen LogP contribution >= 0.6 is 0 Å². The first-order chi connectivity index (χ1) is 12.3. The van der Waals surface area contributed by atoms with Crippen molar-refractivity contribution < 1.29 is 9.53 Å². The Labute approximate surface area is 145 Å². The van der Waals surface area contributed by atoms with Crippen molar-refractivity contribution in [1.82, 2.24) is 20.3 Å². The van der Waals surface area contributed by atoms with Gasteiger partial charge in [0.05, 0.1) is 7.11 Å². The highest BCUT2D eigenvalue weighted by Gasteiger charge is 2.28. The number of H-pyrrole nitrogens is 1. The number of fused-ring (bicyclic) bond motifs is 1. The smallest absolute Gasteiger partial charge is 0.271 e. The second kappa shape index (κ2) is 6.39. The molecule has 3 heterocycles. The third-order valence-electron chi connectivity index (χ3n) is 4.44. The molecule has 2 aromatic heterocycles. The zero-order valence-corrected chi connectivity index (χ0v) is 13.8. The van der Waals surface area contributed by atoms with Crippen LogP contribution in [0.3, 0.4) is 0 Å². The number of pyridine rings is 1. The zero-order valence-electron chi connectivity index (χ0n) is 13.8. The van der Waals surface area contributed by atoms with Crippen molar-refractivity contribution in [3.8, 4) is 17.3 Å². The molecule has 0 spiro atoms. The Hall–Kier alpha value is -3.15. The van der Waals surface area contributed by atoms with Gasteiger partial charge in [0.1, 0.15) is 17.1 Å². The molecule has 1 aromatic carbocycles. The summed E-state index contributed by atoms with van der Waals surface area (Å²) < 4.78 is 5.48. The largest absolute Gasteiger partial charge is 0.496 e. The number of rotatable bonds is 3. The number of methoxy groups -OCH3 is 1. The fourth-order valence-corrected chi connectivity index (χ4v) is 3.21. The maximum Gasteiger partial charge on any atom is 0.271 e. The summed E-state index contributed by atoms with van der Waals surface area (Å²) in [6.07, 6.45) is 2.38. The normalized spacial score (nSPS) is 16.7. The summed E-state index contributed by atoms with van der Waals surface area (Å²) in [5, 5.41) is 2.97. The molecule has 126 valence electrons. The standard InChI is InChI=1S/C19H18N4O2/c1-25-16-8-3-2-6-13(16)12-10-15-17(19(24)21-11-12)23-18(22-15)14-7-4-5-9-20-14/h2-9,12H,10-11H2,1H3,(H,21,24)(H,22,23)/t12-/m0/s1. The third-order valence-corrected chi connectivity index (χ3v) is 4.44. The van der Waals surface area contributed by atoms with Crippen molar-refractivity contribution in [3.05, 3.63) is 65.6 Å². The van der Waals surface area contributed by atoms with E-state index in [0.29, 0.717) is 24.5 Å². The van der Waals surface area contributed by atoms with Crippen molar-refractivity contribution in [1.29, 1.82) is 0 Å². The van der Waals surface area contributed by atoms with E-state index >= 15 is 0 Å². The molecule has 0 saturated carbocycles. The summed E-state index contributed by atoms with van der Waals surface area (Å²) in [7, 11) is 1.66. The van der Waals surface area contributed by atoms with Crippen LogP contribution in [0, 0.1) is 0 Å². The molecule has 6 heteroatoms. The molecule has 0 fully saturated rings. The molecule has 6 nitrogen and oxygen atoms in total. The Morgan fingerprint density at radius 3 is 2.80 bits per heavy atom. The van der Waals surface area contributed by atoms with Gasteiger partial charge in [-0.15, -0.1) is 0 Å². The second-order valence-corrected chi connectivity index (χ2v) is 5.98. The lowest BCUT2D eigenvalue weighted by Gasteiger charge is -2.17. The molecular formula is C19H18N4O2. The van der Waals surface area contributed by atoms with Crippen LogP contribution in [0.2, 0.25) is 0 Å². The molecule has 1 aliphatic rings. The van der Waals surface area contributed by atoms with Gasteiger partial charge in [-0.25, -0.2) is 4.98 Å². The first-order valence-electron chi connectivity index (χ1n) is 8.17. The third kappa shape index (κ3) is 2.87. The maximum absolute atomic E-state index is 12.4. The number of aromatic nitrogens is 3. The molecule has 0 radical (unpaired) electrons. The predicted octanol–water partition coefficient (Wildman–Crippen LogP) is 2.55. The number of hydrogen-bond acceptors (Lipinski definition) is 4. The zero-order chi connectivity index (χ0) is 17.2. The lowest BCUT2D eigenvalue weighted by Crippen LogP contribution is -2.26. The van der Waals surface area contributed by atoms with E-state index in [-0.39, 0.29) is 11.8 Å². The van der Waals surface area contributed by atoms with E-state index in [2.05, 4.69) is 20.3 Å². The van der Waals surface area contributed by atoms with Crippen LogP contribution in [-0.2, 0) is 6.42 Å². The van der Waals surface area contributed by atoms with Crippen LogP contribution < -0.4 is 10.1 Å². The number of imidazole rings is 1. The van der Waals surface area contributed by atoms with Gasteiger partial charge in [0.2, 0.25) is 0 Å². The number of ether oxygens (including phenoxy) is 1. The minimum Gasteiger partial charge on any atom is -0.496 e. The van der Waals surface area contributed by atoms with Gasteiger partial charge in [0.25, 0.3) is 5.91 Å². The average molecular weight is 334 g/mol. The second-order valence-electron chi connectivity index (χ2n) is 5.98. The first-order valence-corrected chi connectivity index (χ1v) is 8.17. The van der Waals surface area contributed by atoms with Crippen LogP contribution in [0.5, 0.6) is 5.75 Å². The Kier molecular flexibility index (Phi) is 3.93. The van der Waals surface area contributed by atoms with Crippen LogP contribution in [0.25, 0.3) is 11.5 Å². The molecule has 0 unspecified atom stereocenters. The van der Waals surface area contributed by atoms with Crippen LogP contribution in [0.4, 0.5) is 0 Å². The minimum absolute atomic E-state index is 0.110. The van der Waals surface area contributed by atoms with Gasteiger partial charge in [0, 0.05) is 24.4 Å². The van der Waals surface area contributed by atoms with Crippen LogP contribution in [0.1, 0.15) is 27.7 Å². The van der Waals surface area contributed by atoms with Crippen molar-refractivity contribution in [2.45, 2.75) is 12.3 Å². The lowest BCUT2D eigenvalue weighted by atomic mass is 9.93. The topological polar surface area (TPSA) is 79.9 Å². The summed E-state index contributed by atoms with van der Waals surface area (Å²) in [4.78, 5) is 24.5. The number of aromatic amines is 1. The number of carbonyl (C=O) groups excluding carboxylic acids is 1. The average Bonchev–Trinajstić information content (AvgIpc) is 3.03. The fourth-order valence-electron chi connectivity index (χ4n) is 3.21. The molecule has 0 aliphatic carbocycles. The van der Waals surface area contributed by atoms with Crippen molar-refractivity contribution >= 4 is 5.91 Å². The molecule has 4 rings (SSSR count). The van der Waals surface area contributed by atoms with Crippen LogP contribution in [0.15, 0.2) is 48.7 Å². The SMILES string of the molecule is COc1ccccc1[C@@H]1CNC(=O)c2nc(-c3ccccn3)[nH]c2C1. The Bertz CT molecular complexity index is 905. The summed E-state index contributed by atoms with van der Waals surface area (Å²) >= 11 is 0. The number of para-hydroxylation sites is 1. The van der Waals surface area contributed by atoms with Gasteiger partial charge in [-0.3, -0.25) is 9.78 Å². The fraction of sp³-hybridized carbons (Fsp3) is 0.211. The maximum atomic E-state index is 12.4. The first kappa shape index (κ1) is 15.4. The monoisotopic (exact) mass is 334 g/mol.